The quantitative estimate of drug-likeness (QED) is 0.685. The molecule has 2 aromatic carbocycles. The summed E-state index contributed by atoms with van der Waals surface area (Å²) in [7, 11) is 0. The zero-order valence-electron chi connectivity index (χ0n) is 13.6. The molecule has 132 valence electrons. The predicted octanol–water partition coefficient (Wildman–Crippen LogP) is 5.41. The first-order valence-electron chi connectivity index (χ1n) is 7.65. The minimum Gasteiger partial charge on any atom is -0.370 e. The van der Waals surface area contributed by atoms with Gasteiger partial charge in [-0.2, -0.15) is 0 Å². The largest absolute Gasteiger partial charge is 0.370 e. The van der Waals surface area contributed by atoms with E-state index in [-0.39, 0.29) is 6.54 Å². The van der Waals surface area contributed by atoms with Crippen molar-refractivity contribution in [1.29, 1.82) is 0 Å². The van der Waals surface area contributed by atoms with Crippen molar-refractivity contribution >= 4 is 50.7 Å². The number of aliphatic hydroxyl groups is 1. The summed E-state index contributed by atoms with van der Waals surface area (Å²) < 4.78 is 15.1. The van der Waals surface area contributed by atoms with Gasteiger partial charge in [-0.05, 0) is 44.2 Å². The van der Waals surface area contributed by atoms with Gasteiger partial charge in [-0.3, -0.25) is 0 Å². The molecule has 0 saturated carbocycles. The Morgan fingerprint density at radius 2 is 1.88 bits per heavy atom. The van der Waals surface area contributed by atoms with Gasteiger partial charge in [0.05, 0.1) is 17.6 Å². The number of rotatable bonds is 3. The summed E-state index contributed by atoms with van der Waals surface area (Å²) in [6, 6.07) is 10.0. The van der Waals surface area contributed by atoms with Gasteiger partial charge < -0.3 is 10.0 Å². The van der Waals surface area contributed by atoms with Crippen molar-refractivity contribution in [3.05, 3.63) is 62.3 Å². The van der Waals surface area contributed by atoms with E-state index in [0.717, 1.165) is 0 Å². The number of aliphatic hydroxyl groups excluding tert-OH is 1. The molecule has 1 unspecified atom stereocenters. The maximum absolute atomic E-state index is 14.5. The SMILES string of the molecule is CC(C)(C1=NC(O)CN1c1ccc(Br)cc1F)c1c(Cl)cccc1Cl. The number of anilines is 1. The van der Waals surface area contributed by atoms with E-state index in [1.807, 2.05) is 13.8 Å². The summed E-state index contributed by atoms with van der Waals surface area (Å²) in [5, 5.41) is 11.1. The van der Waals surface area contributed by atoms with Crippen molar-refractivity contribution in [2.24, 2.45) is 4.99 Å². The highest BCUT2D eigenvalue weighted by molar-refractivity contribution is 9.10. The molecule has 1 N–H and O–H groups in total. The van der Waals surface area contributed by atoms with Crippen molar-refractivity contribution in [1.82, 2.24) is 0 Å². The highest BCUT2D eigenvalue weighted by atomic mass is 79.9. The van der Waals surface area contributed by atoms with E-state index in [0.29, 0.717) is 31.6 Å². The number of aliphatic imine (C=N–C) groups is 1. The van der Waals surface area contributed by atoms with E-state index in [2.05, 4.69) is 20.9 Å². The number of amidine groups is 1. The molecular weight excluding hydrogens is 430 g/mol. The Kier molecular flexibility index (Phi) is 5.13. The fraction of sp³-hybridized carbons (Fsp3) is 0.278. The Balaban J connectivity index is 2.11. The van der Waals surface area contributed by atoms with Gasteiger partial charge in [0.25, 0.3) is 0 Å². The fourth-order valence-corrected chi connectivity index (χ4v) is 4.32. The van der Waals surface area contributed by atoms with Crippen LogP contribution in [0.5, 0.6) is 0 Å². The Bertz CT molecular complexity index is 837. The van der Waals surface area contributed by atoms with Crippen molar-refractivity contribution in [2.45, 2.75) is 25.5 Å². The minimum atomic E-state index is -0.946. The van der Waals surface area contributed by atoms with Crippen LogP contribution in [-0.4, -0.2) is 23.7 Å². The summed E-state index contributed by atoms with van der Waals surface area (Å²) in [5.41, 5.74) is 0.301. The van der Waals surface area contributed by atoms with E-state index < -0.39 is 17.5 Å². The lowest BCUT2D eigenvalue weighted by Gasteiger charge is -2.33. The van der Waals surface area contributed by atoms with Gasteiger partial charge >= 0.3 is 0 Å². The number of hydrogen-bond acceptors (Lipinski definition) is 3. The Labute approximate surface area is 164 Å². The lowest BCUT2D eigenvalue weighted by atomic mass is 9.82. The van der Waals surface area contributed by atoms with Crippen LogP contribution in [0.2, 0.25) is 10.0 Å². The average molecular weight is 446 g/mol. The van der Waals surface area contributed by atoms with Crippen LogP contribution >= 0.6 is 39.1 Å². The van der Waals surface area contributed by atoms with Crippen LogP contribution in [0.15, 0.2) is 45.9 Å². The van der Waals surface area contributed by atoms with Crippen molar-refractivity contribution in [3.8, 4) is 0 Å². The number of nitrogens with zero attached hydrogens (tertiary/aromatic N) is 2. The Hall–Kier alpha value is -1.14. The first kappa shape index (κ1) is 18.6. The van der Waals surface area contributed by atoms with E-state index >= 15 is 0 Å². The predicted molar refractivity (Wildman–Crippen MR) is 104 cm³/mol. The van der Waals surface area contributed by atoms with Crippen LogP contribution in [-0.2, 0) is 5.41 Å². The Morgan fingerprint density at radius 1 is 1.24 bits per heavy atom. The second-order valence-electron chi connectivity index (χ2n) is 6.36. The summed E-state index contributed by atoms with van der Waals surface area (Å²) >= 11 is 16.0. The topological polar surface area (TPSA) is 35.8 Å². The van der Waals surface area contributed by atoms with Crippen LogP contribution in [0.25, 0.3) is 0 Å². The molecule has 1 aliphatic heterocycles. The molecule has 0 radical (unpaired) electrons. The van der Waals surface area contributed by atoms with Gasteiger partial charge in [-0.15, -0.1) is 0 Å². The number of hydrogen-bond donors (Lipinski definition) is 1. The van der Waals surface area contributed by atoms with Gasteiger partial charge in [0.1, 0.15) is 11.7 Å². The third-order valence-corrected chi connectivity index (χ3v) is 5.34. The molecule has 7 heteroatoms. The van der Waals surface area contributed by atoms with E-state index in [1.165, 1.54) is 6.07 Å². The maximum atomic E-state index is 14.5. The fourth-order valence-electron chi connectivity index (χ4n) is 3.12. The van der Waals surface area contributed by atoms with Gasteiger partial charge in [-0.25, -0.2) is 9.38 Å². The van der Waals surface area contributed by atoms with E-state index in [9.17, 15) is 9.50 Å². The highest BCUT2D eigenvalue weighted by Crippen LogP contribution is 2.40. The van der Waals surface area contributed by atoms with Gasteiger partial charge in [-0.1, -0.05) is 45.2 Å². The molecule has 3 nitrogen and oxygen atoms in total. The number of halogens is 4. The van der Waals surface area contributed by atoms with Crippen LogP contribution in [0.4, 0.5) is 10.1 Å². The lowest BCUT2D eigenvalue weighted by Crippen LogP contribution is -2.42. The molecule has 0 spiro atoms. The lowest BCUT2D eigenvalue weighted by molar-refractivity contribution is 0.202. The minimum absolute atomic E-state index is 0.166. The van der Waals surface area contributed by atoms with Crippen molar-refractivity contribution in [3.63, 3.8) is 0 Å². The highest BCUT2D eigenvalue weighted by Gasteiger charge is 2.40. The summed E-state index contributed by atoms with van der Waals surface area (Å²) in [6.45, 7) is 3.97. The van der Waals surface area contributed by atoms with Crippen LogP contribution in [0, 0.1) is 5.82 Å². The molecule has 0 aromatic heterocycles. The number of benzene rings is 2. The van der Waals surface area contributed by atoms with Crippen LogP contribution in [0.3, 0.4) is 0 Å². The molecule has 0 aliphatic carbocycles. The molecule has 1 heterocycles. The van der Waals surface area contributed by atoms with Gasteiger partial charge in [0.15, 0.2) is 6.23 Å². The molecule has 3 rings (SSSR count). The second kappa shape index (κ2) is 6.88. The summed E-state index contributed by atoms with van der Waals surface area (Å²) in [6.07, 6.45) is -0.946. The first-order chi connectivity index (χ1) is 11.7. The smallest absolute Gasteiger partial charge is 0.165 e. The van der Waals surface area contributed by atoms with E-state index in [1.54, 1.807) is 35.2 Å². The second-order valence-corrected chi connectivity index (χ2v) is 8.09. The zero-order valence-corrected chi connectivity index (χ0v) is 16.7. The van der Waals surface area contributed by atoms with Crippen molar-refractivity contribution < 1.29 is 9.50 Å². The standard InChI is InChI=1S/C18H16BrCl2FN2O/c1-18(2,16-11(20)4-3-5-12(16)21)17-23-15(25)9-24(17)14-7-6-10(19)8-13(14)22/h3-8,15,25H,9H2,1-2H3. The molecule has 1 atom stereocenters. The van der Waals surface area contributed by atoms with E-state index in [4.69, 9.17) is 23.2 Å². The maximum Gasteiger partial charge on any atom is 0.165 e. The molecule has 0 bridgehead atoms. The zero-order chi connectivity index (χ0) is 18.4. The normalized spacial score (nSPS) is 17.8. The first-order valence-corrected chi connectivity index (χ1v) is 9.20. The van der Waals surface area contributed by atoms with Gasteiger partial charge in [0.2, 0.25) is 0 Å². The molecule has 25 heavy (non-hydrogen) atoms. The third-order valence-electron chi connectivity index (χ3n) is 4.22. The molecule has 0 saturated heterocycles. The summed E-state index contributed by atoms with van der Waals surface area (Å²) in [5.74, 6) is 0.105. The summed E-state index contributed by atoms with van der Waals surface area (Å²) in [4.78, 5) is 6.02. The molecule has 0 fully saturated rings. The molecular formula is C18H16BrCl2FN2O. The van der Waals surface area contributed by atoms with Gasteiger partial charge in [0, 0.05) is 20.1 Å². The molecule has 0 amide bonds. The monoisotopic (exact) mass is 444 g/mol. The van der Waals surface area contributed by atoms with Crippen LogP contribution in [0.1, 0.15) is 19.4 Å². The Morgan fingerprint density at radius 3 is 2.48 bits per heavy atom. The number of β-amino-alcohol motifs (C(OH)–C–C–N with tert-alkyl or cyclic N) is 1. The molecule has 2 aromatic rings. The third kappa shape index (κ3) is 3.43. The average Bonchev–Trinajstić information content (AvgIpc) is 2.89. The van der Waals surface area contributed by atoms with Crippen molar-refractivity contribution in [2.75, 3.05) is 11.4 Å². The van der Waals surface area contributed by atoms with Crippen LogP contribution < -0.4 is 4.90 Å². The molecule has 1 aliphatic rings.